The molecule has 1 saturated heterocycles. The van der Waals surface area contributed by atoms with Gasteiger partial charge in [-0.25, -0.2) is 0 Å². The van der Waals surface area contributed by atoms with Gasteiger partial charge in [-0.15, -0.1) is 0 Å². The summed E-state index contributed by atoms with van der Waals surface area (Å²) in [6.07, 6.45) is 2.55. The molecule has 1 aromatic carbocycles. The lowest BCUT2D eigenvalue weighted by atomic mass is 10.0. The molecule has 122 valence electrons. The largest absolute Gasteiger partial charge is 0.497 e. The normalized spacial score (nSPS) is 17.2. The number of fused-ring (bicyclic) bond motifs is 1. The number of aromatic amines is 1. The SMILES string of the molecule is COc1ccc2[nH]cc([C@@H](C(=O)O)N3CCN(C=O)CC3)c2c1. The maximum Gasteiger partial charge on any atom is 0.325 e. The lowest BCUT2D eigenvalue weighted by molar-refractivity contribution is -0.144. The zero-order valence-corrected chi connectivity index (χ0v) is 12.9. The molecule has 7 nitrogen and oxygen atoms in total. The second-order valence-electron chi connectivity index (χ2n) is 5.57. The molecule has 0 aliphatic carbocycles. The number of methoxy groups -OCH3 is 1. The molecule has 1 aromatic heterocycles. The van der Waals surface area contributed by atoms with Crippen LogP contribution in [0.15, 0.2) is 24.4 Å². The minimum atomic E-state index is -0.895. The van der Waals surface area contributed by atoms with Crippen LogP contribution in [0.3, 0.4) is 0 Å². The Bertz CT molecular complexity index is 719. The van der Waals surface area contributed by atoms with Gasteiger partial charge in [-0.3, -0.25) is 14.5 Å². The number of hydrogen-bond donors (Lipinski definition) is 2. The number of nitrogens with one attached hydrogen (secondary N) is 1. The fourth-order valence-electron chi connectivity index (χ4n) is 3.06. The maximum atomic E-state index is 11.9. The third kappa shape index (κ3) is 2.87. The van der Waals surface area contributed by atoms with Crippen LogP contribution in [0.25, 0.3) is 10.9 Å². The van der Waals surface area contributed by atoms with Crippen LogP contribution in [-0.2, 0) is 9.59 Å². The summed E-state index contributed by atoms with van der Waals surface area (Å²) in [5, 5.41) is 10.6. The van der Waals surface area contributed by atoms with Crippen LogP contribution >= 0.6 is 0 Å². The molecule has 7 heteroatoms. The number of ether oxygens (including phenoxy) is 1. The van der Waals surface area contributed by atoms with Gasteiger partial charge in [-0.2, -0.15) is 0 Å². The number of H-pyrrole nitrogens is 1. The number of carbonyl (C=O) groups is 2. The predicted octanol–water partition coefficient (Wildman–Crippen LogP) is 1.08. The number of piperazine rings is 1. The molecule has 1 aliphatic rings. The molecule has 1 amide bonds. The Kier molecular flexibility index (Phi) is 4.20. The molecule has 0 bridgehead atoms. The minimum Gasteiger partial charge on any atom is -0.497 e. The van der Waals surface area contributed by atoms with Crippen LogP contribution < -0.4 is 4.74 Å². The molecular weight excluding hydrogens is 298 g/mol. The van der Waals surface area contributed by atoms with E-state index in [1.54, 1.807) is 18.2 Å². The van der Waals surface area contributed by atoms with E-state index in [1.807, 2.05) is 23.1 Å². The quantitative estimate of drug-likeness (QED) is 0.806. The van der Waals surface area contributed by atoms with Gasteiger partial charge in [0.25, 0.3) is 0 Å². The van der Waals surface area contributed by atoms with Crippen LogP contribution in [0, 0.1) is 0 Å². The highest BCUT2D eigenvalue weighted by Gasteiger charge is 2.31. The van der Waals surface area contributed by atoms with E-state index in [-0.39, 0.29) is 0 Å². The summed E-state index contributed by atoms with van der Waals surface area (Å²) >= 11 is 0. The number of aromatic nitrogens is 1. The van der Waals surface area contributed by atoms with Crippen LogP contribution in [-0.4, -0.2) is 65.6 Å². The molecule has 0 radical (unpaired) electrons. The molecule has 0 saturated carbocycles. The molecule has 2 N–H and O–H groups in total. The zero-order chi connectivity index (χ0) is 16.4. The molecule has 1 fully saturated rings. The summed E-state index contributed by atoms with van der Waals surface area (Å²) in [7, 11) is 1.58. The van der Waals surface area contributed by atoms with E-state index in [4.69, 9.17) is 4.74 Å². The number of nitrogens with zero attached hydrogens (tertiary/aromatic N) is 2. The molecule has 1 atom stereocenters. The predicted molar refractivity (Wildman–Crippen MR) is 84.4 cm³/mol. The number of carboxylic acid groups (broad SMARTS) is 1. The summed E-state index contributed by atoms with van der Waals surface area (Å²) in [6.45, 7) is 2.15. The fourth-order valence-corrected chi connectivity index (χ4v) is 3.06. The highest BCUT2D eigenvalue weighted by Crippen LogP contribution is 2.31. The Morgan fingerprint density at radius 3 is 2.70 bits per heavy atom. The van der Waals surface area contributed by atoms with Crippen LogP contribution in [0.1, 0.15) is 11.6 Å². The third-order valence-corrected chi connectivity index (χ3v) is 4.31. The van der Waals surface area contributed by atoms with Gasteiger partial charge in [0.05, 0.1) is 7.11 Å². The van der Waals surface area contributed by atoms with Crippen LogP contribution in [0.4, 0.5) is 0 Å². The standard InChI is InChI=1S/C16H19N3O4/c1-23-11-2-3-14-12(8-11)13(9-17-14)15(16(21)22)19-6-4-18(10-20)5-7-19/h2-3,8-10,15,17H,4-7H2,1H3,(H,21,22)/t15-/m0/s1. The molecule has 3 rings (SSSR count). The lowest BCUT2D eigenvalue weighted by Crippen LogP contribution is -2.48. The van der Waals surface area contributed by atoms with Gasteiger partial charge in [0.2, 0.25) is 6.41 Å². The van der Waals surface area contributed by atoms with Crippen molar-refractivity contribution < 1.29 is 19.4 Å². The van der Waals surface area contributed by atoms with Crippen molar-refractivity contribution in [2.75, 3.05) is 33.3 Å². The highest BCUT2D eigenvalue weighted by molar-refractivity contribution is 5.90. The maximum absolute atomic E-state index is 11.9. The molecule has 0 spiro atoms. The third-order valence-electron chi connectivity index (χ3n) is 4.31. The average molecular weight is 317 g/mol. The monoisotopic (exact) mass is 317 g/mol. The topological polar surface area (TPSA) is 85.9 Å². The summed E-state index contributed by atoms with van der Waals surface area (Å²) in [6, 6.07) is 4.81. The number of carboxylic acids is 1. The van der Waals surface area contributed by atoms with Crippen molar-refractivity contribution in [3.63, 3.8) is 0 Å². The first-order valence-electron chi connectivity index (χ1n) is 7.45. The van der Waals surface area contributed by atoms with E-state index >= 15 is 0 Å². The minimum absolute atomic E-state index is 0.534. The molecule has 1 aliphatic heterocycles. The highest BCUT2D eigenvalue weighted by atomic mass is 16.5. The smallest absolute Gasteiger partial charge is 0.325 e. The van der Waals surface area contributed by atoms with Crippen molar-refractivity contribution in [1.82, 2.24) is 14.8 Å². The molecular formula is C16H19N3O4. The van der Waals surface area contributed by atoms with Gasteiger partial charge in [-0.05, 0) is 18.2 Å². The Morgan fingerprint density at radius 1 is 1.35 bits per heavy atom. The van der Waals surface area contributed by atoms with Gasteiger partial charge in [-0.1, -0.05) is 0 Å². The Hall–Kier alpha value is -2.54. The number of rotatable bonds is 5. The van der Waals surface area contributed by atoms with Gasteiger partial charge in [0, 0.05) is 48.8 Å². The fraction of sp³-hybridized carbons (Fsp3) is 0.375. The number of carbonyl (C=O) groups excluding carboxylic acids is 1. The Balaban J connectivity index is 1.95. The van der Waals surface area contributed by atoms with E-state index in [2.05, 4.69) is 4.98 Å². The summed E-state index contributed by atoms with van der Waals surface area (Å²) < 4.78 is 5.24. The molecule has 2 aromatic rings. The van der Waals surface area contributed by atoms with E-state index in [9.17, 15) is 14.7 Å². The molecule has 2 heterocycles. The number of benzene rings is 1. The molecule has 23 heavy (non-hydrogen) atoms. The van der Waals surface area contributed by atoms with E-state index in [0.29, 0.717) is 37.5 Å². The second-order valence-corrected chi connectivity index (χ2v) is 5.57. The summed E-state index contributed by atoms with van der Waals surface area (Å²) in [4.78, 5) is 29.4. The van der Waals surface area contributed by atoms with E-state index in [0.717, 1.165) is 17.3 Å². The van der Waals surface area contributed by atoms with Gasteiger partial charge >= 0.3 is 5.97 Å². The number of aliphatic carboxylic acids is 1. The van der Waals surface area contributed by atoms with Gasteiger partial charge in [0.1, 0.15) is 11.8 Å². The van der Waals surface area contributed by atoms with Crippen molar-refractivity contribution >= 4 is 23.3 Å². The van der Waals surface area contributed by atoms with E-state index < -0.39 is 12.0 Å². The first-order chi connectivity index (χ1) is 11.1. The van der Waals surface area contributed by atoms with Gasteiger partial charge < -0.3 is 19.7 Å². The first-order valence-corrected chi connectivity index (χ1v) is 7.45. The zero-order valence-electron chi connectivity index (χ0n) is 12.9. The van der Waals surface area contributed by atoms with E-state index in [1.165, 1.54) is 0 Å². The number of amides is 1. The Labute approximate surface area is 133 Å². The van der Waals surface area contributed by atoms with Crippen LogP contribution in [0.2, 0.25) is 0 Å². The lowest BCUT2D eigenvalue weighted by Gasteiger charge is -2.36. The molecule has 0 unspecified atom stereocenters. The van der Waals surface area contributed by atoms with Crippen molar-refractivity contribution in [1.29, 1.82) is 0 Å². The van der Waals surface area contributed by atoms with Crippen molar-refractivity contribution in [3.05, 3.63) is 30.0 Å². The number of hydrogen-bond acceptors (Lipinski definition) is 4. The average Bonchev–Trinajstić information content (AvgIpc) is 2.98. The summed E-state index contributed by atoms with van der Waals surface area (Å²) in [5.41, 5.74) is 1.59. The van der Waals surface area contributed by atoms with Crippen molar-refractivity contribution in [2.45, 2.75) is 6.04 Å². The van der Waals surface area contributed by atoms with Gasteiger partial charge in [0.15, 0.2) is 0 Å². The summed E-state index contributed by atoms with van der Waals surface area (Å²) in [5.74, 6) is -0.207. The van der Waals surface area contributed by atoms with Crippen LogP contribution in [0.5, 0.6) is 5.75 Å². The van der Waals surface area contributed by atoms with Crippen molar-refractivity contribution in [3.8, 4) is 5.75 Å². The van der Waals surface area contributed by atoms with Crippen molar-refractivity contribution in [2.24, 2.45) is 0 Å². The first kappa shape index (κ1) is 15.4. The second kappa shape index (κ2) is 6.29. The Morgan fingerprint density at radius 2 is 2.09 bits per heavy atom.